The van der Waals surface area contributed by atoms with Crippen molar-refractivity contribution in [3.63, 3.8) is 0 Å². The number of rotatable bonds is 8. The van der Waals surface area contributed by atoms with Crippen molar-refractivity contribution in [1.29, 1.82) is 0 Å². The molecule has 3 rings (SSSR count). The fourth-order valence-electron chi connectivity index (χ4n) is 3.16. The minimum Gasteiger partial charge on any atom is -0.494 e. The van der Waals surface area contributed by atoms with Gasteiger partial charge in [-0.3, -0.25) is 4.90 Å². The molecule has 2 heterocycles. The van der Waals surface area contributed by atoms with E-state index in [4.69, 9.17) is 9.15 Å². The van der Waals surface area contributed by atoms with E-state index in [1.807, 2.05) is 19.1 Å². The average molecular weight is 378 g/mol. The Labute approximate surface area is 155 Å². The van der Waals surface area contributed by atoms with Gasteiger partial charge in [-0.05, 0) is 75.2 Å². The molecule has 0 spiro atoms. The topological polar surface area (TPSA) is 71.8 Å². The first kappa shape index (κ1) is 18.9. The Hall–Kier alpha value is -1.83. The smallest absolute Gasteiger partial charge is 0.240 e. The Kier molecular flexibility index (Phi) is 6.34. The Morgan fingerprint density at radius 1 is 1.19 bits per heavy atom. The summed E-state index contributed by atoms with van der Waals surface area (Å²) >= 11 is 0. The Morgan fingerprint density at radius 3 is 2.54 bits per heavy atom. The summed E-state index contributed by atoms with van der Waals surface area (Å²) in [5.41, 5.74) is 0. The number of benzene rings is 1. The fourth-order valence-corrected chi connectivity index (χ4v) is 4.28. The molecule has 1 aliphatic heterocycles. The van der Waals surface area contributed by atoms with Crippen molar-refractivity contribution in [2.75, 3.05) is 26.2 Å². The first-order valence-corrected chi connectivity index (χ1v) is 10.5. The van der Waals surface area contributed by atoms with Crippen LogP contribution in [0.3, 0.4) is 0 Å². The zero-order valence-electron chi connectivity index (χ0n) is 15.1. The van der Waals surface area contributed by atoms with Crippen molar-refractivity contribution in [3.8, 4) is 5.75 Å². The van der Waals surface area contributed by atoms with Crippen LogP contribution in [0.25, 0.3) is 0 Å². The van der Waals surface area contributed by atoms with Gasteiger partial charge >= 0.3 is 0 Å². The van der Waals surface area contributed by atoms with Crippen molar-refractivity contribution >= 4 is 10.0 Å². The predicted octanol–water partition coefficient (Wildman–Crippen LogP) is 2.87. The van der Waals surface area contributed by atoms with Crippen molar-refractivity contribution in [3.05, 3.63) is 48.4 Å². The van der Waals surface area contributed by atoms with Crippen LogP contribution >= 0.6 is 0 Å². The monoisotopic (exact) mass is 378 g/mol. The molecule has 0 bridgehead atoms. The maximum Gasteiger partial charge on any atom is 0.240 e. The average Bonchev–Trinajstić information content (AvgIpc) is 3.15. The van der Waals surface area contributed by atoms with E-state index in [0.717, 1.165) is 38.2 Å². The molecule has 1 aromatic heterocycles. The van der Waals surface area contributed by atoms with Gasteiger partial charge in [0.25, 0.3) is 0 Å². The molecule has 1 saturated heterocycles. The molecule has 0 atom stereocenters. The van der Waals surface area contributed by atoms with Gasteiger partial charge in [-0.25, -0.2) is 13.1 Å². The van der Waals surface area contributed by atoms with E-state index in [2.05, 4.69) is 9.62 Å². The molecule has 26 heavy (non-hydrogen) atoms. The van der Waals surface area contributed by atoms with Gasteiger partial charge in [-0.2, -0.15) is 0 Å². The van der Waals surface area contributed by atoms with E-state index < -0.39 is 10.0 Å². The van der Waals surface area contributed by atoms with Gasteiger partial charge in [0.1, 0.15) is 11.5 Å². The Balaban J connectivity index is 1.46. The van der Waals surface area contributed by atoms with Crippen LogP contribution in [0, 0.1) is 5.92 Å². The number of hydrogen-bond acceptors (Lipinski definition) is 5. The minimum atomic E-state index is -3.48. The second-order valence-corrected chi connectivity index (χ2v) is 8.32. The summed E-state index contributed by atoms with van der Waals surface area (Å²) in [5.74, 6) is 2.01. The molecule has 1 aliphatic rings. The summed E-state index contributed by atoms with van der Waals surface area (Å²) in [7, 11) is -3.48. The third kappa shape index (κ3) is 5.09. The van der Waals surface area contributed by atoms with Crippen LogP contribution in [0.4, 0.5) is 0 Å². The van der Waals surface area contributed by atoms with Gasteiger partial charge in [-0.15, -0.1) is 0 Å². The normalized spacial score (nSPS) is 16.7. The van der Waals surface area contributed by atoms with Gasteiger partial charge in [0.05, 0.1) is 24.3 Å². The number of sulfonamides is 1. The highest BCUT2D eigenvalue weighted by molar-refractivity contribution is 7.89. The number of hydrogen-bond donors (Lipinski definition) is 1. The summed E-state index contributed by atoms with van der Waals surface area (Å²) in [6.07, 6.45) is 3.65. The third-order valence-corrected chi connectivity index (χ3v) is 6.11. The number of nitrogens with one attached hydrogen (secondary N) is 1. The molecule has 0 radical (unpaired) electrons. The lowest BCUT2D eigenvalue weighted by molar-refractivity contribution is 0.168. The number of furan rings is 1. The molecular weight excluding hydrogens is 352 g/mol. The molecule has 2 aromatic rings. The SMILES string of the molecule is CCOc1ccc(S(=O)(=O)NCC2CCN(Cc3ccco3)CC2)cc1. The van der Waals surface area contributed by atoms with Crippen LogP contribution in [0.1, 0.15) is 25.5 Å². The van der Waals surface area contributed by atoms with E-state index in [9.17, 15) is 8.42 Å². The fraction of sp³-hybridized carbons (Fsp3) is 0.474. The van der Waals surface area contributed by atoms with E-state index in [1.165, 1.54) is 0 Å². The molecular formula is C19H26N2O4S. The summed E-state index contributed by atoms with van der Waals surface area (Å²) in [4.78, 5) is 2.62. The molecule has 0 aliphatic carbocycles. The zero-order chi connectivity index (χ0) is 18.4. The van der Waals surface area contributed by atoms with Gasteiger partial charge < -0.3 is 9.15 Å². The van der Waals surface area contributed by atoms with Crippen molar-refractivity contribution < 1.29 is 17.6 Å². The van der Waals surface area contributed by atoms with E-state index in [1.54, 1.807) is 30.5 Å². The first-order valence-electron chi connectivity index (χ1n) is 9.04. The molecule has 142 valence electrons. The Bertz CT molecular complexity index is 764. The minimum absolute atomic E-state index is 0.274. The van der Waals surface area contributed by atoms with E-state index in [-0.39, 0.29) is 4.90 Å². The molecule has 0 unspecified atom stereocenters. The predicted molar refractivity (Wildman–Crippen MR) is 99.5 cm³/mol. The second kappa shape index (κ2) is 8.70. The molecule has 0 amide bonds. The Morgan fingerprint density at radius 2 is 1.92 bits per heavy atom. The molecule has 1 N–H and O–H groups in total. The number of nitrogens with zero attached hydrogens (tertiary/aromatic N) is 1. The largest absolute Gasteiger partial charge is 0.494 e. The standard InChI is InChI=1S/C19H26N2O4S/c1-2-24-17-5-7-19(8-6-17)26(22,23)20-14-16-9-11-21(12-10-16)15-18-4-3-13-25-18/h3-8,13,16,20H,2,9-12,14-15H2,1H3. The second-order valence-electron chi connectivity index (χ2n) is 6.56. The lowest BCUT2D eigenvalue weighted by Gasteiger charge is -2.31. The molecule has 7 heteroatoms. The number of piperidine rings is 1. The van der Waals surface area contributed by atoms with Gasteiger partial charge in [-0.1, -0.05) is 0 Å². The van der Waals surface area contributed by atoms with Crippen LogP contribution in [0.5, 0.6) is 5.75 Å². The van der Waals surface area contributed by atoms with E-state index in [0.29, 0.717) is 24.8 Å². The zero-order valence-corrected chi connectivity index (χ0v) is 15.9. The summed E-state index contributed by atoms with van der Waals surface area (Å²) in [6.45, 7) is 5.66. The maximum atomic E-state index is 12.4. The first-order chi connectivity index (χ1) is 12.6. The molecule has 6 nitrogen and oxygen atoms in total. The number of ether oxygens (including phenoxy) is 1. The van der Waals surface area contributed by atoms with E-state index >= 15 is 0 Å². The molecule has 1 aromatic carbocycles. The van der Waals surface area contributed by atoms with Crippen LogP contribution in [0.2, 0.25) is 0 Å². The highest BCUT2D eigenvalue weighted by Gasteiger charge is 2.22. The van der Waals surface area contributed by atoms with Crippen LogP contribution in [0.15, 0.2) is 52.0 Å². The maximum absolute atomic E-state index is 12.4. The van der Waals surface area contributed by atoms with Gasteiger partial charge in [0.15, 0.2) is 0 Å². The van der Waals surface area contributed by atoms with Crippen LogP contribution < -0.4 is 9.46 Å². The quantitative estimate of drug-likeness (QED) is 0.765. The summed E-state index contributed by atoms with van der Waals surface area (Å²) in [5, 5.41) is 0. The van der Waals surface area contributed by atoms with Crippen molar-refractivity contribution in [2.24, 2.45) is 5.92 Å². The van der Waals surface area contributed by atoms with Crippen LogP contribution in [-0.4, -0.2) is 39.6 Å². The molecule has 0 saturated carbocycles. The highest BCUT2D eigenvalue weighted by Crippen LogP contribution is 2.20. The van der Waals surface area contributed by atoms with Crippen molar-refractivity contribution in [2.45, 2.75) is 31.2 Å². The van der Waals surface area contributed by atoms with Gasteiger partial charge in [0.2, 0.25) is 10.0 Å². The van der Waals surface area contributed by atoms with Crippen molar-refractivity contribution in [1.82, 2.24) is 9.62 Å². The number of likely N-dealkylation sites (tertiary alicyclic amines) is 1. The van der Waals surface area contributed by atoms with Gasteiger partial charge in [0, 0.05) is 6.54 Å². The lowest BCUT2D eigenvalue weighted by atomic mass is 9.97. The summed E-state index contributed by atoms with van der Waals surface area (Å²) in [6, 6.07) is 10.4. The van der Waals surface area contributed by atoms with Crippen LogP contribution in [-0.2, 0) is 16.6 Å². The highest BCUT2D eigenvalue weighted by atomic mass is 32.2. The third-order valence-electron chi connectivity index (χ3n) is 4.67. The lowest BCUT2D eigenvalue weighted by Crippen LogP contribution is -2.38. The molecule has 1 fully saturated rings. The summed E-state index contributed by atoms with van der Waals surface area (Å²) < 4.78 is 38.4.